The van der Waals surface area contributed by atoms with E-state index in [4.69, 9.17) is 9.88 Å². The summed E-state index contributed by atoms with van der Waals surface area (Å²) in [6.07, 6.45) is 3.53. The summed E-state index contributed by atoms with van der Waals surface area (Å²) < 4.78 is 29.9. The van der Waals surface area contributed by atoms with Gasteiger partial charge in [0.15, 0.2) is 0 Å². The molecule has 0 bridgehead atoms. The van der Waals surface area contributed by atoms with Gasteiger partial charge >= 0.3 is 5.97 Å². The predicted molar refractivity (Wildman–Crippen MR) is 112 cm³/mol. The lowest BCUT2D eigenvalue weighted by Crippen LogP contribution is -2.17. The standard InChI is InChI=1S/C21H28N2O4S/c1-3-5-12-23-18-14-17(21(24)27-13-6-4-2)15-19(28(22,25)26)20(18)16-10-8-7-9-11-16/h7-11,14-15,23H,3-6,12-13H2,1-2H3,(H2,22,25,26). The van der Waals surface area contributed by atoms with E-state index in [0.717, 1.165) is 25.7 Å². The molecule has 0 spiro atoms. The van der Waals surface area contributed by atoms with Gasteiger partial charge in [-0.05, 0) is 30.5 Å². The van der Waals surface area contributed by atoms with Crippen LogP contribution in [0.4, 0.5) is 5.69 Å². The van der Waals surface area contributed by atoms with Crippen LogP contribution in [-0.2, 0) is 14.8 Å². The van der Waals surface area contributed by atoms with Gasteiger partial charge in [-0.25, -0.2) is 18.4 Å². The zero-order valence-electron chi connectivity index (χ0n) is 16.4. The summed E-state index contributed by atoms with van der Waals surface area (Å²) in [4.78, 5) is 12.3. The minimum Gasteiger partial charge on any atom is -0.462 e. The SMILES string of the molecule is CCCCNc1cc(C(=O)OCCCC)cc(S(N)(=O)=O)c1-c1ccccc1. The maximum atomic E-state index is 12.4. The van der Waals surface area contributed by atoms with Crippen molar-refractivity contribution in [1.29, 1.82) is 0 Å². The van der Waals surface area contributed by atoms with Crippen molar-refractivity contribution in [3.63, 3.8) is 0 Å². The third kappa shape index (κ3) is 5.81. The van der Waals surface area contributed by atoms with Crippen molar-refractivity contribution in [2.24, 2.45) is 5.14 Å². The second-order valence-corrected chi connectivity index (χ2v) is 8.11. The number of anilines is 1. The van der Waals surface area contributed by atoms with E-state index in [0.29, 0.717) is 30.0 Å². The number of rotatable bonds is 10. The number of nitrogens with two attached hydrogens (primary N) is 1. The predicted octanol–water partition coefficient (Wildman–Crippen LogP) is 4.17. The molecule has 7 heteroatoms. The molecule has 28 heavy (non-hydrogen) atoms. The quantitative estimate of drug-likeness (QED) is 0.457. The number of nitrogens with one attached hydrogen (secondary N) is 1. The van der Waals surface area contributed by atoms with Crippen LogP contribution in [0.1, 0.15) is 49.9 Å². The molecule has 3 N–H and O–H groups in total. The van der Waals surface area contributed by atoms with E-state index >= 15 is 0 Å². The Morgan fingerprint density at radius 1 is 1.07 bits per heavy atom. The fraction of sp³-hybridized carbons (Fsp3) is 0.381. The van der Waals surface area contributed by atoms with Gasteiger partial charge in [-0.1, -0.05) is 57.0 Å². The number of ether oxygens (including phenoxy) is 1. The lowest BCUT2D eigenvalue weighted by Gasteiger charge is -2.17. The first-order chi connectivity index (χ1) is 13.4. The van der Waals surface area contributed by atoms with Gasteiger partial charge in [0.2, 0.25) is 10.0 Å². The Bertz CT molecular complexity index is 896. The molecule has 0 aliphatic carbocycles. The monoisotopic (exact) mass is 404 g/mol. The fourth-order valence-electron chi connectivity index (χ4n) is 2.79. The molecule has 0 aromatic heterocycles. The summed E-state index contributed by atoms with van der Waals surface area (Å²) in [6.45, 7) is 5.00. The molecule has 152 valence electrons. The van der Waals surface area contributed by atoms with Crippen molar-refractivity contribution >= 4 is 21.7 Å². The van der Waals surface area contributed by atoms with Crippen LogP contribution in [0.15, 0.2) is 47.4 Å². The largest absolute Gasteiger partial charge is 0.462 e. The molecular weight excluding hydrogens is 376 g/mol. The number of esters is 1. The summed E-state index contributed by atoms with van der Waals surface area (Å²) >= 11 is 0. The van der Waals surface area contributed by atoms with Crippen LogP contribution >= 0.6 is 0 Å². The van der Waals surface area contributed by atoms with Crippen LogP contribution < -0.4 is 10.5 Å². The van der Waals surface area contributed by atoms with Gasteiger partial charge in [0.05, 0.1) is 17.1 Å². The van der Waals surface area contributed by atoms with Crippen molar-refractivity contribution in [2.45, 2.75) is 44.4 Å². The molecule has 0 unspecified atom stereocenters. The third-order valence-electron chi connectivity index (χ3n) is 4.28. The molecule has 0 atom stereocenters. The summed E-state index contributed by atoms with van der Waals surface area (Å²) in [7, 11) is -4.06. The number of primary sulfonamides is 1. The number of carbonyl (C=O) groups is 1. The van der Waals surface area contributed by atoms with E-state index in [-0.39, 0.29) is 10.5 Å². The zero-order valence-corrected chi connectivity index (χ0v) is 17.2. The first kappa shape index (κ1) is 21.9. The van der Waals surface area contributed by atoms with Crippen LogP contribution in [0.5, 0.6) is 0 Å². The molecule has 2 rings (SSSR count). The molecule has 0 aliphatic heterocycles. The number of benzene rings is 2. The normalized spacial score (nSPS) is 11.2. The van der Waals surface area contributed by atoms with E-state index in [1.54, 1.807) is 6.07 Å². The van der Waals surface area contributed by atoms with Crippen molar-refractivity contribution in [3.8, 4) is 11.1 Å². The zero-order chi connectivity index (χ0) is 20.6. The number of sulfonamides is 1. The van der Waals surface area contributed by atoms with Crippen LogP contribution in [0.2, 0.25) is 0 Å². The molecule has 0 saturated heterocycles. The van der Waals surface area contributed by atoms with Crippen molar-refractivity contribution in [1.82, 2.24) is 0 Å². The Morgan fingerprint density at radius 2 is 1.75 bits per heavy atom. The fourth-order valence-corrected chi connectivity index (χ4v) is 3.60. The first-order valence-electron chi connectivity index (χ1n) is 9.55. The van der Waals surface area contributed by atoms with Crippen molar-refractivity contribution < 1.29 is 17.9 Å². The van der Waals surface area contributed by atoms with Crippen LogP contribution in [-0.4, -0.2) is 27.5 Å². The lowest BCUT2D eigenvalue weighted by atomic mass is 10.0. The number of hydrogen-bond acceptors (Lipinski definition) is 5. The van der Waals surface area contributed by atoms with Gasteiger partial charge in [-0.3, -0.25) is 0 Å². The van der Waals surface area contributed by atoms with E-state index in [1.807, 2.05) is 37.3 Å². The minimum atomic E-state index is -4.06. The van der Waals surface area contributed by atoms with Gasteiger partial charge in [-0.2, -0.15) is 0 Å². The van der Waals surface area contributed by atoms with Gasteiger partial charge in [-0.15, -0.1) is 0 Å². The van der Waals surface area contributed by atoms with Crippen LogP contribution in [0.3, 0.4) is 0 Å². The van der Waals surface area contributed by atoms with E-state index in [2.05, 4.69) is 12.2 Å². The second kappa shape index (κ2) is 10.2. The maximum Gasteiger partial charge on any atom is 0.338 e. The smallest absolute Gasteiger partial charge is 0.338 e. The Labute approximate surface area is 167 Å². The van der Waals surface area contributed by atoms with Crippen LogP contribution in [0.25, 0.3) is 11.1 Å². The minimum absolute atomic E-state index is 0.0948. The maximum absolute atomic E-state index is 12.4. The first-order valence-corrected chi connectivity index (χ1v) is 11.1. The molecule has 0 amide bonds. The second-order valence-electron chi connectivity index (χ2n) is 6.58. The molecule has 6 nitrogen and oxygen atoms in total. The van der Waals surface area contributed by atoms with Gasteiger partial charge in [0, 0.05) is 17.8 Å². The average molecular weight is 405 g/mol. The Hall–Kier alpha value is -2.38. The summed E-state index contributed by atoms with van der Waals surface area (Å²) in [6, 6.07) is 12.1. The number of hydrogen-bond donors (Lipinski definition) is 2. The summed E-state index contributed by atoms with van der Waals surface area (Å²) in [5.41, 5.74) is 1.88. The number of carbonyl (C=O) groups excluding carboxylic acids is 1. The summed E-state index contributed by atoms with van der Waals surface area (Å²) in [5, 5.41) is 8.76. The molecule has 0 radical (unpaired) electrons. The highest BCUT2D eigenvalue weighted by molar-refractivity contribution is 7.89. The van der Waals surface area contributed by atoms with Gasteiger partial charge in [0.1, 0.15) is 0 Å². The highest BCUT2D eigenvalue weighted by Gasteiger charge is 2.23. The molecule has 0 fully saturated rings. The average Bonchev–Trinajstić information content (AvgIpc) is 2.67. The molecule has 0 saturated carbocycles. The summed E-state index contributed by atoms with van der Waals surface area (Å²) in [5.74, 6) is -0.559. The van der Waals surface area contributed by atoms with Gasteiger partial charge in [0.25, 0.3) is 0 Å². The number of unbranched alkanes of at least 4 members (excludes halogenated alkanes) is 2. The van der Waals surface area contributed by atoms with Crippen molar-refractivity contribution in [3.05, 3.63) is 48.0 Å². The van der Waals surface area contributed by atoms with E-state index < -0.39 is 16.0 Å². The van der Waals surface area contributed by atoms with E-state index in [9.17, 15) is 13.2 Å². The molecule has 2 aromatic carbocycles. The van der Waals surface area contributed by atoms with Crippen molar-refractivity contribution in [2.75, 3.05) is 18.5 Å². The molecular formula is C21H28N2O4S. The molecule has 2 aromatic rings. The van der Waals surface area contributed by atoms with Gasteiger partial charge < -0.3 is 10.1 Å². The lowest BCUT2D eigenvalue weighted by molar-refractivity contribution is 0.0499. The third-order valence-corrected chi connectivity index (χ3v) is 5.22. The Balaban J connectivity index is 2.59. The highest BCUT2D eigenvalue weighted by atomic mass is 32.2. The highest BCUT2D eigenvalue weighted by Crippen LogP contribution is 2.35. The molecule has 0 aliphatic rings. The molecule has 0 heterocycles. The Kier molecular flexibility index (Phi) is 8.02. The van der Waals surface area contributed by atoms with Crippen LogP contribution in [0, 0.1) is 0 Å². The van der Waals surface area contributed by atoms with E-state index in [1.165, 1.54) is 6.07 Å². The topological polar surface area (TPSA) is 98.5 Å². The Morgan fingerprint density at radius 3 is 2.36 bits per heavy atom.